The molecule has 0 amide bonds. The van der Waals surface area contributed by atoms with Gasteiger partial charge in [0.25, 0.3) is 0 Å². The SMILES string of the molecule is FC1=CC2(c3ccccc3)OC1(c1ccccc1)c1ccccc12. The molecular weight excluding hydrogens is 299 g/mol. The number of benzene rings is 3. The zero-order chi connectivity index (χ0) is 16.2. The molecule has 0 spiro atoms. The predicted molar refractivity (Wildman–Crippen MR) is 91.2 cm³/mol. The van der Waals surface area contributed by atoms with Crippen molar-refractivity contribution < 1.29 is 9.13 Å². The standard InChI is InChI=1S/C22H15FO/c23-20-15-21(16-9-3-1-4-10-16)18-13-7-8-14-19(18)22(20,24-21)17-11-5-2-6-12-17/h1-15H. The molecule has 0 saturated heterocycles. The van der Waals surface area contributed by atoms with Crippen molar-refractivity contribution in [3.63, 3.8) is 0 Å². The molecule has 2 unspecified atom stereocenters. The van der Waals surface area contributed by atoms with Crippen molar-refractivity contribution in [1.29, 1.82) is 0 Å². The molecule has 2 aliphatic heterocycles. The summed E-state index contributed by atoms with van der Waals surface area (Å²) >= 11 is 0. The minimum Gasteiger partial charge on any atom is -0.338 e. The zero-order valence-electron chi connectivity index (χ0n) is 12.9. The van der Waals surface area contributed by atoms with Crippen molar-refractivity contribution in [3.05, 3.63) is 119 Å². The summed E-state index contributed by atoms with van der Waals surface area (Å²) in [5.41, 5.74) is 1.66. The van der Waals surface area contributed by atoms with Crippen molar-refractivity contribution in [1.82, 2.24) is 0 Å². The van der Waals surface area contributed by atoms with Gasteiger partial charge >= 0.3 is 0 Å². The molecule has 0 saturated carbocycles. The van der Waals surface area contributed by atoms with Crippen LogP contribution in [0, 0.1) is 0 Å². The second-order valence-corrected chi connectivity index (χ2v) is 6.29. The van der Waals surface area contributed by atoms with Crippen LogP contribution >= 0.6 is 0 Å². The monoisotopic (exact) mass is 314 g/mol. The van der Waals surface area contributed by atoms with Crippen molar-refractivity contribution in [2.24, 2.45) is 0 Å². The molecule has 1 nitrogen and oxygen atoms in total. The molecule has 0 fully saturated rings. The van der Waals surface area contributed by atoms with E-state index in [0.717, 1.165) is 22.3 Å². The Morgan fingerprint density at radius 3 is 1.83 bits per heavy atom. The fraction of sp³-hybridized carbons (Fsp3) is 0.0909. The summed E-state index contributed by atoms with van der Waals surface area (Å²) in [5, 5.41) is 0. The van der Waals surface area contributed by atoms with Gasteiger partial charge in [-0.05, 0) is 22.8 Å². The normalized spacial score (nSPS) is 27.0. The average molecular weight is 314 g/mol. The van der Waals surface area contributed by atoms with Gasteiger partial charge in [-0.1, -0.05) is 84.9 Å². The van der Waals surface area contributed by atoms with E-state index in [9.17, 15) is 0 Å². The summed E-state index contributed by atoms with van der Waals surface area (Å²) in [6, 6.07) is 27.4. The van der Waals surface area contributed by atoms with Crippen molar-refractivity contribution in [2.45, 2.75) is 11.2 Å². The largest absolute Gasteiger partial charge is 0.338 e. The van der Waals surface area contributed by atoms with E-state index >= 15 is 4.39 Å². The molecule has 2 heterocycles. The first-order valence-electron chi connectivity index (χ1n) is 8.07. The minimum atomic E-state index is -1.15. The Kier molecular flexibility index (Phi) is 2.66. The van der Waals surface area contributed by atoms with Gasteiger partial charge in [-0.25, -0.2) is 4.39 Å². The number of rotatable bonds is 2. The Labute approximate surface area is 140 Å². The van der Waals surface area contributed by atoms with E-state index in [1.54, 1.807) is 6.08 Å². The maximum Gasteiger partial charge on any atom is 0.172 e. The zero-order valence-corrected chi connectivity index (χ0v) is 12.9. The Hall–Kier alpha value is -2.71. The maximum atomic E-state index is 15.3. The second kappa shape index (κ2) is 4.65. The molecule has 0 aliphatic carbocycles. The van der Waals surface area contributed by atoms with Crippen LogP contribution in [0.3, 0.4) is 0 Å². The second-order valence-electron chi connectivity index (χ2n) is 6.29. The first kappa shape index (κ1) is 13.7. The Morgan fingerprint density at radius 2 is 1.17 bits per heavy atom. The van der Waals surface area contributed by atoms with Crippen molar-refractivity contribution >= 4 is 0 Å². The van der Waals surface area contributed by atoms with Crippen LogP contribution in [0.25, 0.3) is 0 Å². The number of hydrogen-bond acceptors (Lipinski definition) is 1. The van der Waals surface area contributed by atoms with E-state index < -0.39 is 11.2 Å². The van der Waals surface area contributed by atoms with Gasteiger partial charge in [-0.3, -0.25) is 0 Å². The van der Waals surface area contributed by atoms with Crippen LogP contribution in [0.2, 0.25) is 0 Å². The summed E-state index contributed by atoms with van der Waals surface area (Å²) in [6.07, 6.45) is 1.64. The Bertz CT molecular complexity index is 948. The molecule has 2 aliphatic rings. The van der Waals surface area contributed by atoms with Crippen molar-refractivity contribution in [2.75, 3.05) is 0 Å². The highest BCUT2D eigenvalue weighted by atomic mass is 19.1. The lowest BCUT2D eigenvalue weighted by Gasteiger charge is -2.27. The summed E-state index contributed by atoms with van der Waals surface area (Å²) in [4.78, 5) is 0. The van der Waals surface area contributed by atoms with E-state index in [2.05, 4.69) is 0 Å². The van der Waals surface area contributed by atoms with Crippen LogP contribution < -0.4 is 0 Å². The Morgan fingerprint density at radius 1 is 0.625 bits per heavy atom. The van der Waals surface area contributed by atoms with E-state index in [1.807, 2.05) is 84.9 Å². The topological polar surface area (TPSA) is 9.23 Å². The molecule has 3 aromatic carbocycles. The van der Waals surface area contributed by atoms with Gasteiger partial charge in [0.2, 0.25) is 0 Å². The number of hydrogen-bond donors (Lipinski definition) is 0. The highest BCUT2D eigenvalue weighted by Gasteiger charge is 2.62. The van der Waals surface area contributed by atoms with Crippen LogP contribution in [-0.2, 0) is 15.9 Å². The van der Waals surface area contributed by atoms with Gasteiger partial charge in [0.1, 0.15) is 11.4 Å². The van der Waals surface area contributed by atoms with Gasteiger partial charge in [0.05, 0.1) is 0 Å². The third-order valence-corrected chi connectivity index (χ3v) is 5.07. The van der Waals surface area contributed by atoms with Crippen LogP contribution in [0.5, 0.6) is 0 Å². The van der Waals surface area contributed by atoms with Crippen LogP contribution in [0.1, 0.15) is 22.3 Å². The molecule has 0 N–H and O–H groups in total. The van der Waals surface area contributed by atoms with Gasteiger partial charge in [-0.2, -0.15) is 0 Å². The number of fused-ring (bicyclic) bond motifs is 5. The van der Waals surface area contributed by atoms with Gasteiger partial charge < -0.3 is 4.74 Å². The fourth-order valence-electron chi connectivity index (χ4n) is 4.04. The van der Waals surface area contributed by atoms with Crippen LogP contribution in [0.15, 0.2) is 96.8 Å². The predicted octanol–water partition coefficient (Wildman–Crippen LogP) is 5.07. The highest BCUT2D eigenvalue weighted by Crippen LogP contribution is 2.62. The number of halogens is 1. The first-order chi connectivity index (χ1) is 11.8. The molecule has 116 valence electrons. The van der Waals surface area contributed by atoms with Crippen molar-refractivity contribution in [3.8, 4) is 0 Å². The summed E-state index contributed by atoms with van der Waals surface area (Å²) in [7, 11) is 0. The summed E-state index contributed by atoms with van der Waals surface area (Å²) in [5.74, 6) is -0.240. The first-order valence-corrected chi connectivity index (χ1v) is 8.07. The lowest BCUT2D eigenvalue weighted by Crippen LogP contribution is -2.27. The molecule has 2 heteroatoms. The maximum absolute atomic E-state index is 15.3. The van der Waals surface area contributed by atoms with E-state index in [4.69, 9.17) is 4.74 Å². The fourth-order valence-corrected chi connectivity index (χ4v) is 4.04. The Balaban J connectivity index is 1.84. The molecule has 0 aromatic heterocycles. The van der Waals surface area contributed by atoms with Gasteiger partial charge in [-0.15, -0.1) is 0 Å². The molecule has 5 rings (SSSR count). The molecule has 24 heavy (non-hydrogen) atoms. The molecular formula is C22H15FO. The van der Waals surface area contributed by atoms with Gasteiger partial charge in [0.15, 0.2) is 5.60 Å². The third-order valence-electron chi connectivity index (χ3n) is 5.07. The van der Waals surface area contributed by atoms with Gasteiger partial charge in [0, 0.05) is 5.56 Å². The minimum absolute atomic E-state index is 0.240. The average Bonchev–Trinajstić information content (AvgIpc) is 3.14. The summed E-state index contributed by atoms with van der Waals surface area (Å²) < 4.78 is 21.8. The summed E-state index contributed by atoms with van der Waals surface area (Å²) in [6.45, 7) is 0. The van der Waals surface area contributed by atoms with E-state index in [0.29, 0.717) is 0 Å². The van der Waals surface area contributed by atoms with Crippen LogP contribution in [0.4, 0.5) is 4.39 Å². The lowest BCUT2D eigenvalue weighted by atomic mass is 9.76. The molecule has 2 bridgehead atoms. The molecule has 2 atom stereocenters. The lowest BCUT2D eigenvalue weighted by molar-refractivity contribution is -0.0357. The van der Waals surface area contributed by atoms with E-state index in [-0.39, 0.29) is 5.83 Å². The quantitative estimate of drug-likeness (QED) is 0.641. The third kappa shape index (κ3) is 1.51. The molecule has 0 radical (unpaired) electrons. The molecule has 3 aromatic rings. The number of ether oxygens (including phenoxy) is 1. The highest BCUT2D eigenvalue weighted by molar-refractivity contribution is 5.63. The smallest absolute Gasteiger partial charge is 0.172 e. The van der Waals surface area contributed by atoms with E-state index in [1.165, 1.54) is 0 Å². The van der Waals surface area contributed by atoms with Crippen LogP contribution in [-0.4, -0.2) is 0 Å².